The van der Waals surface area contributed by atoms with Crippen molar-refractivity contribution in [3.63, 3.8) is 0 Å². The molecule has 0 radical (unpaired) electrons. The molecule has 2 aliphatic heterocycles. The van der Waals surface area contributed by atoms with Gasteiger partial charge in [0.25, 0.3) is 0 Å². The molecule has 35 heavy (non-hydrogen) atoms. The average molecular weight is 498 g/mol. The molecule has 3 aromatic rings. The van der Waals surface area contributed by atoms with Gasteiger partial charge in [-0.05, 0) is 42.0 Å². The van der Waals surface area contributed by atoms with Gasteiger partial charge in [-0.2, -0.15) is 9.37 Å². The van der Waals surface area contributed by atoms with E-state index < -0.39 is 21.3 Å². The van der Waals surface area contributed by atoms with Crippen molar-refractivity contribution in [2.75, 3.05) is 44.7 Å². The molecule has 7 nitrogen and oxygen atoms in total. The highest BCUT2D eigenvalue weighted by atomic mass is 32.2. The zero-order valence-corrected chi connectivity index (χ0v) is 20.3. The summed E-state index contributed by atoms with van der Waals surface area (Å²) >= 11 is 0. The topological polar surface area (TPSA) is 62.3 Å². The highest BCUT2D eigenvalue weighted by Crippen LogP contribution is 2.37. The Morgan fingerprint density at radius 2 is 1.57 bits per heavy atom. The van der Waals surface area contributed by atoms with Crippen LogP contribution in [0.25, 0.3) is 0 Å². The number of ether oxygens (including phenoxy) is 1. The van der Waals surface area contributed by atoms with Gasteiger partial charge in [-0.15, -0.1) is 0 Å². The average Bonchev–Trinajstić information content (AvgIpc) is 3.27. The molecule has 9 heteroatoms. The first-order valence-electron chi connectivity index (χ1n) is 11.6. The fourth-order valence-corrected chi connectivity index (χ4v) is 6.68. The van der Waals surface area contributed by atoms with Crippen molar-refractivity contribution in [1.29, 1.82) is 0 Å². The van der Waals surface area contributed by atoms with E-state index in [0.717, 1.165) is 5.56 Å². The molecule has 184 valence electrons. The number of anilines is 1. The first-order chi connectivity index (χ1) is 16.9. The number of hydrogen-bond donors (Lipinski definition) is 0. The number of piperazine rings is 1. The SMILES string of the molecule is CN1OC[C@@H](S(=O)(=O)N2CCN(c3ccccc3F)CC2)[C@@H]1c1cccc(Oc2ccccc2)c1. The van der Waals surface area contributed by atoms with Crippen LogP contribution in [0.3, 0.4) is 0 Å². The number of sulfonamides is 1. The van der Waals surface area contributed by atoms with E-state index in [1.807, 2.05) is 59.5 Å². The normalized spacial score (nSPS) is 21.8. The second-order valence-corrected chi connectivity index (χ2v) is 10.8. The van der Waals surface area contributed by atoms with Crippen LogP contribution in [-0.2, 0) is 14.9 Å². The fourth-order valence-electron chi connectivity index (χ4n) is 4.74. The summed E-state index contributed by atoms with van der Waals surface area (Å²) in [5.41, 5.74) is 1.30. The van der Waals surface area contributed by atoms with Crippen molar-refractivity contribution in [2.24, 2.45) is 0 Å². The van der Waals surface area contributed by atoms with Crippen LogP contribution in [0.1, 0.15) is 11.6 Å². The maximum Gasteiger partial charge on any atom is 0.221 e. The molecule has 2 aliphatic rings. The summed E-state index contributed by atoms with van der Waals surface area (Å²) in [6.07, 6.45) is 0. The third-order valence-electron chi connectivity index (χ3n) is 6.54. The lowest BCUT2D eigenvalue weighted by Crippen LogP contribution is -2.52. The highest BCUT2D eigenvalue weighted by Gasteiger charge is 2.46. The van der Waals surface area contributed by atoms with E-state index in [2.05, 4.69) is 0 Å². The summed E-state index contributed by atoms with van der Waals surface area (Å²) < 4.78 is 49.1. The summed E-state index contributed by atoms with van der Waals surface area (Å²) in [5.74, 6) is 1.04. The standard InChI is InChI=1S/C26H28FN3O4S/c1-28-26(20-8-7-11-22(18-20)34-21-9-3-2-4-10-21)25(19-33-28)35(31,32)30-16-14-29(15-17-30)24-13-6-5-12-23(24)27/h2-13,18,25-26H,14-17,19H2,1H3/t25-,26+/m1/s1. The molecule has 0 aliphatic carbocycles. The first-order valence-corrected chi connectivity index (χ1v) is 13.1. The number of rotatable bonds is 6. The number of hydroxylamine groups is 2. The van der Waals surface area contributed by atoms with E-state index in [0.29, 0.717) is 43.4 Å². The molecule has 0 amide bonds. The quantitative estimate of drug-likeness (QED) is 0.512. The van der Waals surface area contributed by atoms with E-state index in [4.69, 9.17) is 9.57 Å². The van der Waals surface area contributed by atoms with Crippen LogP contribution in [0, 0.1) is 5.82 Å². The van der Waals surface area contributed by atoms with Crippen molar-refractivity contribution < 1.29 is 22.4 Å². The molecule has 2 fully saturated rings. The monoisotopic (exact) mass is 497 g/mol. The minimum atomic E-state index is -3.67. The largest absolute Gasteiger partial charge is 0.457 e. The predicted octanol–water partition coefficient (Wildman–Crippen LogP) is 4.06. The second kappa shape index (κ2) is 9.94. The van der Waals surface area contributed by atoms with Crippen molar-refractivity contribution in [3.05, 3.63) is 90.2 Å². The van der Waals surface area contributed by atoms with Gasteiger partial charge in [0.2, 0.25) is 10.0 Å². The molecular weight excluding hydrogens is 469 g/mol. The minimum Gasteiger partial charge on any atom is -0.457 e. The molecule has 2 atom stereocenters. The van der Waals surface area contributed by atoms with Gasteiger partial charge in [-0.25, -0.2) is 12.8 Å². The maximum atomic E-state index is 14.2. The van der Waals surface area contributed by atoms with Gasteiger partial charge in [0.1, 0.15) is 22.6 Å². The summed E-state index contributed by atoms with van der Waals surface area (Å²) in [6.45, 7) is 1.51. The van der Waals surface area contributed by atoms with Gasteiger partial charge in [-0.1, -0.05) is 42.5 Å². The summed E-state index contributed by atoms with van der Waals surface area (Å²) in [6, 6.07) is 23.0. The van der Waals surface area contributed by atoms with E-state index in [1.54, 1.807) is 30.3 Å². The van der Waals surface area contributed by atoms with Crippen LogP contribution in [0.5, 0.6) is 11.5 Å². The van der Waals surface area contributed by atoms with Crippen molar-refractivity contribution >= 4 is 15.7 Å². The van der Waals surface area contributed by atoms with Crippen LogP contribution in [0.2, 0.25) is 0 Å². The van der Waals surface area contributed by atoms with Crippen LogP contribution in [0.15, 0.2) is 78.9 Å². The third kappa shape index (κ3) is 4.90. The molecule has 0 spiro atoms. The Morgan fingerprint density at radius 1 is 0.886 bits per heavy atom. The number of nitrogens with zero attached hydrogens (tertiary/aromatic N) is 3. The third-order valence-corrected chi connectivity index (χ3v) is 8.78. The second-order valence-electron chi connectivity index (χ2n) is 8.70. The Kier molecular flexibility index (Phi) is 6.75. The van der Waals surface area contributed by atoms with Gasteiger partial charge in [0.15, 0.2) is 0 Å². The summed E-state index contributed by atoms with van der Waals surface area (Å²) in [7, 11) is -1.92. The number of halogens is 1. The van der Waals surface area contributed by atoms with Crippen LogP contribution >= 0.6 is 0 Å². The number of hydrogen-bond acceptors (Lipinski definition) is 6. The van der Waals surface area contributed by atoms with Crippen LogP contribution in [-0.4, -0.2) is 62.9 Å². The molecule has 0 unspecified atom stereocenters. The Hall–Kier alpha value is -2.98. The Morgan fingerprint density at radius 3 is 2.31 bits per heavy atom. The Bertz CT molecular complexity index is 1270. The number of benzene rings is 3. The van der Waals surface area contributed by atoms with Crippen LogP contribution in [0.4, 0.5) is 10.1 Å². The molecule has 2 saturated heterocycles. The van der Waals surface area contributed by atoms with Gasteiger partial charge in [0, 0.05) is 33.2 Å². The van der Waals surface area contributed by atoms with Gasteiger partial charge in [-0.3, -0.25) is 4.84 Å². The molecule has 0 bridgehead atoms. The summed E-state index contributed by atoms with van der Waals surface area (Å²) in [5, 5.41) is 0.846. The molecule has 0 saturated carbocycles. The van der Waals surface area contributed by atoms with Crippen LogP contribution < -0.4 is 9.64 Å². The van der Waals surface area contributed by atoms with E-state index >= 15 is 0 Å². The molecule has 5 rings (SSSR count). The van der Waals surface area contributed by atoms with Crippen molar-refractivity contribution in [2.45, 2.75) is 11.3 Å². The van der Waals surface area contributed by atoms with Gasteiger partial charge < -0.3 is 9.64 Å². The lowest BCUT2D eigenvalue weighted by Gasteiger charge is -2.37. The Labute approximate surface area is 205 Å². The first kappa shape index (κ1) is 23.7. The van der Waals surface area contributed by atoms with Crippen molar-refractivity contribution in [1.82, 2.24) is 9.37 Å². The maximum absolute atomic E-state index is 14.2. The lowest BCUT2D eigenvalue weighted by atomic mass is 10.0. The minimum absolute atomic E-state index is 0.0702. The molecule has 3 aromatic carbocycles. The predicted molar refractivity (Wildman–Crippen MR) is 132 cm³/mol. The van der Waals surface area contributed by atoms with Gasteiger partial charge in [0.05, 0.1) is 18.3 Å². The molecular formula is C26H28FN3O4S. The van der Waals surface area contributed by atoms with Crippen molar-refractivity contribution in [3.8, 4) is 11.5 Å². The summed E-state index contributed by atoms with van der Waals surface area (Å²) in [4.78, 5) is 7.59. The zero-order chi connectivity index (χ0) is 24.4. The highest BCUT2D eigenvalue weighted by molar-refractivity contribution is 7.89. The number of para-hydroxylation sites is 2. The fraction of sp³-hybridized carbons (Fsp3) is 0.308. The molecule has 0 aromatic heterocycles. The van der Waals surface area contributed by atoms with E-state index in [9.17, 15) is 12.8 Å². The zero-order valence-electron chi connectivity index (χ0n) is 19.5. The van der Waals surface area contributed by atoms with E-state index in [-0.39, 0.29) is 12.4 Å². The molecule has 2 heterocycles. The smallest absolute Gasteiger partial charge is 0.221 e. The molecule has 0 N–H and O–H groups in total. The van der Waals surface area contributed by atoms with Gasteiger partial charge >= 0.3 is 0 Å². The van der Waals surface area contributed by atoms with E-state index in [1.165, 1.54) is 10.4 Å². The lowest BCUT2D eigenvalue weighted by molar-refractivity contribution is -0.110. The Balaban J connectivity index is 1.33.